The van der Waals surface area contributed by atoms with E-state index in [1.54, 1.807) is 12.3 Å². The van der Waals surface area contributed by atoms with Crippen molar-refractivity contribution >= 4 is 22.9 Å². The third-order valence-corrected chi connectivity index (χ3v) is 3.42. The maximum Gasteiger partial charge on any atom is 0.116 e. The first-order valence-corrected chi connectivity index (χ1v) is 5.73. The molecule has 2 nitrogen and oxygen atoms in total. The quantitative estimate of drug-likeness (QED) is 0.873. The Morgan fingerprint density at radius 2 is 2.13 bits per heavy atom. The number of hydrogen-bond donors (Lipinski definition) is 1. The van der Waals surface area contributed by atoms with Crippen LogP contribution in [0.25, 0.3) is 0 Å². The van der Waals surface area contributed by atoms with Crippen molar-refractivity contribution in [2.24, 2.45) is 0 Å². The van der Waals surface area contributed by atoms with Gasteiger partial charge < -0.3 is 5.11 Å². The van der Waals surface area contributed by atoms with Crippen LogP contribution >= 0.6 is 22.9 Å². The van der Waals surface area contributed by atoms with Crippen LogP contribution in [0.5, 0.6) is 0 Å². The second-order valence-electron chi connectivity index (χ2n) is 3.21. The minimum Gasteiger partial charge on any atom is -0.383 e. The van der Waals surface area contributed by atoms with E-state index in [4.69, 9.17) is 11.6 Å². The fraction of sp³-hybridized carbons (Fsp3) is 0.182. The van der Waals surface area contributed by atoms with Gasteiger partial charge in [0, 0.05) is 16.8 Å². The van der Waals surface area contributed by atoms with Gasteiger partial charge in [-0.1, -0.05) is 29.8 Å². The molecule has 2 aromatic rings. The van der Waals surface area contributed by atoms with E-state index in [2.05, 4.69) is 4.98 Å². The fourth-order valence-electron chi connectivity index (χ4n) is 1.35. The van der Waals surface area contributed by atoms with E-state index in [0.717, 1.165) is 15.4 Å². The van der Waals surface area contributed by atoms with E-state index >= 15 is 0 Å². The molecule has 1 atom stereocenters. The zero-order valence-corrected chi connectivity index (χ0v) is 9.72. The van der Waals surface area contributed by atoms with Crippen molar-refractivity contribution in [2.45, 2.75) is 13.0 Å². The Kier molecular flexibility index (Phi) is 3.05. The van der Waals surface area contributed by atoms with Crippen LogP contribution < -0.4 is 0 Å². The molecule has 0 aliphatic heterocycles. The number of aromatic nitrogens is 1. The highest BCUT2D eigenvalue weighted by atomic mass is 35.5. The number of halogens is 1. The zero-order chi connectivity index (χ0) is 10.8. The van der Waals surface area contributed by atoms with Crippen LogP contribution in [0.2, 0.25) is 5.02 Å². The van der Waals surface area contributed by atoms with Crippen molar-refractivity contribution in [3.63, 3.8) is 0 Å². The summed E-state index contributed by atoms with van der Waals surface area (Å²) in [6.45, 7) is 1.91. The molecule has 0 bridgehead atoms. The van der Waals surface area contributed by atoms with E-state index in [-0.39, 0.29) is 0 Å². The van der Waals surface area contributed by atoms with Gasteiger partial charge in [-0.25, -0.2) is 4.98 Å². The summed E-state index contributed by atoms with van der Waals surface area (Å²) in [4.78, 5) is 4.93. The molecule has 0 radical (unpaired) electrons. The molecule has 0 spiro atoms. The molecule has 0 saturated carbocycles. The van der Waals surface area contributed by atoms with E-state index in [1.165, 1.54) is 11.3 Å². The van der Waals surface area contributed by atoms with Crippen LogP contribution in [0.3, 0.4) is 0 Å². The van der Waals surface area contributed by atoms with Crippen molar-refractivity contribution in [3.8, 4) is 0 Å². The number of aryl methyl sites for hydroxylation is 1. The Balaban J connectivity index is 2.36. The first-order chi connectivity index (χ1) is 7.18. The first-order valence-electron chi connectivity index (χ1n) is 4.53. The lowest BCUT2D eigenvalue weighted by Gasteiger charge is -2.09. The zero-order valence-electron chi connectivity index (χ0n) is 8.14. The van der Waals surface area contributed by atoms with Crippen LogP contribution in [0, 0.1) is 6.92 Å². The second kappa shape index (κ2) is 4.31. The first kappa shape index (κ1) is 10.6. The summed E-state index contributed by atoms with van der Waals surface area (Å²) in [7, 11) is 0. The molecule has 0 amide bonds. The third kappa shape index (κ3) is 2.20. The van der Waals surface area contributed by atoms with Crippen LogP contribution in [-0.2, 0) is 0 Å². The Morgan fingerprint density at radius 3 is 2.73 bits per heavy atom. The lowest BCUT2D eigenvalue weighted by molar-refractivity contribution is 0.224. The number of hydrogen-bond acceptors (Lipinski definition) is 3. The third-order valence-electron chi connectivity index (χ3n) is 2.11. The largest absolute Gasteiger partial charge is 0.383 e. The molecule has 0 aliphatic rings. The van der Waals surface area contributed by atoms with Crippen molar-refractivity contribution < 1.29 is 5.11 Å². The number of aliphatic hydroxyl groups excluding tert-OH is 1. The average molecular weight is 240 g/mol. The predicted octanol–water partition coefficient (Wildman–Crippen LogP) is 3.19. The van der Waals surface area contributed by atoms with Gasteiger partial charge in [-0.2, -0.15) is 0 Å². The predicted molar refractivity (Wildman–Crippen MR) is 62.4 cm³/mol. The van der Waals surface area contributed by atoms with Crippen LogP contribution in [-0.4, -0.2) is 10.1 Å². The summed E-state index contributed by atoms with van der Waals surface area (Å²) in [5.41, 5.74) is 0.725. The summed E-state index contributed by atoms with van der Waals surface area (Å²) >= 11 is 7.48. The highest BCUT2D eigenvalue weighted by Crippen LogP contribution is 2.30. The van der Waals surface area contributed by atoms with E-state index in [9.17, 15) is 5.11 Å². The van der Waals surface area contributed by atoms with E-state index < -0.39 is 6.10 Å². The molecule has 0 aliphatic carbocycles. The van der Waals surface area contributed by atoms with Gasteiger partial charge in [-0.3, -0.25) is 0 Å². The molecule has 1 N–H and O–H groups in total. The molecular formula is C11H10ClNOS. The summed E-state index contributed by atoms with van der Waals surface area (Å²) in [5, 5.41) is 11.6. The molecule has 0 fully saturated rings. The summed E-state index contributed by atoms with van der Waals surface area (Å²) in [6.07, 6.45) is 1.01. The van der Waals surface area contributed by atoms with Gasteiger partial charge in [0.05, 0.1) is 9.88 Å². The second-order valence-corrected chi connectivity index (χ2v) is 4.88. The summed E-state index contributed by atoms with van der Waals surface area (Å²) < 4.78 is 0. The van der Waals surface area contributed by atoms with Gasteiger partial charge in [0.2, 0.25) is 0 Å². The van der Waals surface area contributed by atoms with Crippen LogP contribution in [0.15, 0.2) is 30.5 Å². The topological polar surface area (TPSA) is 33.1 Å². The van der Waals surface area contributed by atoms with Gasteiger partial charge in [0.15, 0.2) is 0 Å². The van der Waals surface area contributed by atoms with Gasteiger partial charge >= 0.3 is 0 Å². The molecule has 0 saturated heterocycles. The van der Waals surface area contributed by atoms with E-state index in [1.807, 2.05) is 25.1 Å². The van der Waals surface area contributed by atoms with Crippen molar-refractivity contribution in [2.75, 3.05) is 0 Å². The molecular weight excluding hydrogens is 230 g/mol. The minimum absolute atomic E-state index is 0.580. The minimum atomic E-state index is -0.676. The number of benzene rings is 1. The van der Waals surface area contributed by atoms with Gasteiger partial charge in [-0.15, -0.1) is 11.3 Å². The fourth-order valence-corrected chi connectivity index (χ4v) is 2.38. The highest BCUT2D eigenvalue weighted by molar-refractivity contribution is 7.11. The maximum atomic E-state index is 10.1. The SMILES string of the molecule is Cc1ncc(C(O)c2ccccc2Cl)s1. The molecule has 4 heteroatoms. The van der Waals surface area contributed by atoms with Crippen molar-refractivity contribution in [1.29, 1.82) is 0 Å². The Hall–Kier alpha value is -0.900. The number of aliphatic hydroxyl groups is 1. The Bertz CT molecular complexity index is 469. The number of rotatable bonds is 2. The maximum absolute atomic E-state index is 10.1. The lowest BCUT2D eigenvalue weighted by atomic mass is 10.1. The normalized spacial score (nSPS) is 12.7. The molecule has 1 aromatic heterocycles. The molecule has 2 rings (SSSR count). The van der Waals surface area contributed by atoms with Crippen LogP contribution in [0.4, 0.5) is 0 Å². The van der Waals surface area contributed by atoms with E-state index in [0.29, 0.717) is 5.02 Å². The summed E-state index contributed by atoms with van der Waals surface area (Å²) in [5.74, 6) is 0. The molecule has 78 valence electrons. The van der Waals surface area contributed by atoms with Crippen molar-refractivity contribution in [1.82, 2.24) is 4.98 Å². The molecule has 15 heavy (non-hydrogen) atoms. The van der Waals surface area contributed by atoms with Gasteiger partial charge in [-0.05, 0) is 13.0 Å². The number of thiazole rings is 1. The Labute approximate surface area is 97.2 Å². The smallest absolute Gasteiger partial charge is 0.116 e. The summed E-state index contributed by atoms with van der Waals surface area (Å²) in [6, 6.07) is 7.30. The van der Waals surface area contributed by atoms with Gasteiger partial charge in [0.1, 0.15) is 6.10 Å². The molecule has 1 unspecified atom stereocenters. The van der Waals surface area contributed by atoms with Crippen LogP contribution in [0.1, 0.15) is 21.6 Å². The van der Waals surface area contributed by atoms with Gasteiger partial charge in [0.25, 0.3) is 0 Å². The standard InChI is InChI=1S/C11H10ClNOS/c1-7-13-6-10(15-7)11(14)8-4-2-3-5-9(8)12/h2-6,11,14H,1H3. The monoisotopic (exact) mass is 239 g/mol. The molecule has 1 aromatic carbocycles. The molecule has 1 heterocycles. The van der Waals surface area contributed by atoms with Crippen molar-refractivity contribution in [3.05, 3.63) is 50.9 Å². The Morgan fingerprint density at radius 1 is 1.40 bits per heavy atom. The highest BCUT2D eigenvalue weighted by Gasteiger charge is 2.15. The number of nitrogens with zero attached hydrogens (tertiary/aromatic N) is 1. The average Bonchev–Trinajstić information content (AvgIpc) is 2.65. The lowest BCUT2D eigenvalue weighted by Crippen LogP contribution is -1.97.